The van der Waals surface area contributed by atoms with Crippen LogP contribution in [-0.4, -0.2) is 42.3 Å². The predicted octanol–water partition coefficient (Wildman–Crippen LogP) is 4.64. The number of amides is 1. The number of aliphatic imine (C=N–C) groups is 1. The molecule has 0 bridgehead atoms. The minimum atomic E-state index is -5.08. The molecule has 4 rings (SSSR count). The third-order valence-electron chi connectivity index (χ3n) is 5.14. The van der Waals surface area contributed by atoms with Crippen molar-refractivity contribution in [2.24, 2.45) is 4.99 Å². The number of benzene rings is 2. The maximum absolute atomic E-state index is 13.4. The average Bonchev–Trinajstić information content (AvgIpc) is 3.17. The van der Waals surface area contributed by atoms with Crippen LogP contribution in [0.5, 0.6) is 0 Å². The van der Waals surface area contributed by atoms with Crippen molar-refractivity contribution in [3.8, 4) is 0 Å². The Morgan fingerprint density at radius 2 is 1.52 bits per heavy atom. The van der Waals surface area contributed by atoms with Gasteiger partial charge in [-0.15, -0.1) is 0 Å². The zero-order valence-electron chi connectivity index (χ0n) is 16.4. The van der Waals surface area contributed by atoms with E-state index in [1.807, 2.05) is 0 Å². The molecule has 13 heteroatoms. The van der Waals surface area contributed by atoms with Gasteiger partial charge in [0, 0.05) is 16.5 Å². The molecule has 2 heterocycles. The van der Waals surface area contributed by atoms with Crippen molar-refractivity contribution in [3.63, 3.8) is 0 Å². The summed E-state index contributed by atoms with van der Waals surface area (Å²) < 4.78 is 104. The second-order valence-corrected chi connectivity index (χ2v) is 10.9. The average molecular weight is 508 g/mol. The number of hydrogen-bond donors (Lipinski definition) is 0. The Hall–Kier alpha value is -2.54. The van der Waals surface area contributed by atoms with Gasteiger partial charge in [0.2, 0.25) is 0 Å². The van der Waals surface area contributed by atoms with Gasteiger partial charge in [-0.3, -0.25) is 4.79 Å². The van der Waals surface area contributed by atoms with Crippen molar-refractivity contribution in [3.05, 3.63) is 65.2 Å². The quantitative estimate of drug-likeness (QED) is 0.553. The van der Waals surface area contributed by atoms with Crippen molar-refractivity contribution in [1.82, 2.24) is 0 Å². The summed E-state index contributed by atoms with van der Waals surface area (Å²) in [7, 11) is -3.57. The van der Waals surface area contributed by atoms with Gasteiger partial charge < -0.3 is 4.90 Å². The summed E-state index contributed by atoms with van der Waals surface area (Å²) in [5.41, 5.74) is -3.46. The van der Waals surface area contributed by atoms with Crippen LogP contribution in [-0.2, 0) is 22.2 Å². The lowest BCUT2D eigenvalue weighted by molar-refractivity contribution is -0.143. The standard InChI is InChI=1S/C20H14F6N2O3S2/c21-19(22,23)12-6-13(20(24,25)26)8-14(7-12)28-15-9-33(30,31)10-16(15)32-18(28)27-17(29)11-4-2-1-3-5-11/h1-8,15-16H,9-10H2. The Labute approximate surface area is 188 Å². The number of amidine groups is 1. The zero-order chi connectivity index (χ0) is 24.2. The Bertz CT molecular complexity index is 1190. The van der Waals surface area contributed by atoms with Gasteiger partial charge in [-0.1, -0.05) is 30.0 Å². The maximum atomic E-state index is 13.4. The highest BCUT2D eigenvalue weighted by Gasteiger charge is 2.50. The van der Waals surface area contributed by atoms with Crippen LogP contribution in [0, 0.1) is 0 Å². The fourth-order valence-corrected chi connectivity index (χ4v) is 7.59. The molecule has 2 aromatic rings. The van der Waals surface area contributed by atoms with Gasteiger partial charge in [-0.25, -0.2) is 8.42 Å². The number of nitrogens with zero attached hydrogens (tertiary/aromatic N) is 2. The molecule has 33 heavy (non-hydrogen) atoms. The molecule has 0 saturated carbocycles. The molecular formula is C20H14F6N2O3S2. The first kappa shape index (κ1) is 23.6. The molecule has 0 spiro atoms. The molecule has 176 valence electrons. The third kappa shape index (κ3) is 4.88. The number of carbonyl (C=O) groups excluding carboxylic acids is 1. The lowest BCUT2D eigenvalue weighted by Crippen LogP contribution is -2.38. The van der Waals surface area contributed by atoms with Gasteiger partial charge in [0.05, 0.1) is 28.7 Å². The van der Waals surface area contributed by atoms with E-state index in [4.69, 9.17) is 0 Å². The summed E-state index contributed by atoms with van der Waals surface area (Å²) in [6, 6.07) is 7.72. The minimum Gasteiger partial charge on any atom is -0.316 e. The number of anilines is 1. The van der Waals surface area contributed by atoms with E-state index in [1.54, 1.807) is 18.2 Å². The number of rotatable bonds is 2. The number of thioether (sulfide) groups is 1. The van der Waals surface area contributed by atoms with Gasteiger partial charge in [-0.2, -0.15) is 31.3 Å². The summed E-state index contributed by atoms with van der Waals surface area (Å²) in [5, 5.41) is -0.845. The number of fused-ring (bicyclic) bond motifs is 1. The first-order valence-corrected chi connectivity index (χ1v) is 12.1. The SMILES string of the molecule is O=C(N=C1SC2CS(=O)(=O)CC2N1c1cc(C(F)(F)F)cc(C(F)(F)F)c1)c1ccccc1. The molecule has 2 fully saturated rings. The molecule has 0 N–H and O–H groups in total. The molecule has 1 amide bonds. The molecule has 2 aliphatic heterocycles. The summed E-state index contributed by atoms with van der Waals surface area (Å²) in [6.07, 6.45) is -10.2. The normalized spacial score (nSPS) is 23.7. The van der Waals surface area contributed by atoms with Crippen LogP contribution in [0.2, 0.25) is 0 Å². The Balaban J connectivity index is 1.85. The van der Waals surface area contributed by atoms with Gasteiger partial charge in [0.25, 0.3) is 5.91 Å². The van der Waals surface area contributed by atoms with Crippen molar-refractivity contribution < 1.29 is 39.6 Å². The molecule has 0 aliphatic carbocycles. The highest BCUT2D eigenvalue weighted by molar-refractivity contribution is 8.16. The largest absolute Gasteiger partial charge is 0.416 e. The Kier molecular flexibility index (Phi) is 5.76. The second-order valence-electron chi connectivity index (χ2n) is 7.50. The zero-order valence-corrected chi connectivity index (χ0v) is 18.0. The summed E-state index contributed by atoms with van der Waals surface area (Å²) >= 11 is 0.850. The third-order valence-corrected chi connectivity index (χ3v) is 8.34. The fourth-order valence-electron chi connectivity index (χ4n) is 3.68. The van der Waals surface area contributed by atoms with Crippen LogP contribution >= 0.6 is 11.8 Å². The van der Waals surface area contributed by atoms with E-state index in [0.29, 0.717) is 12.1 Å². The smallest absolute Gasteiger partial charge is 0.316 e. The molecule has 2 atom stereocenters. The highest BCUT2D eigenvalue weighted by Crippen LogP contribution is 2.44. The number of sulfone groups is 1. The van der Waals surface area contributed by atoms with E-state index in [2.05, 4.69) is 4.99 Å². The van der Waals surface area contributed by atoms with E-state index in [-0.39, 0.29) is 22.6 Å². The van der Waals surface area contributed by atoms with Crippen LogP contribution in [0.1, 0.15) is 21.5 Å². The predicted molar refractivity (Wildman–Crippen MR) is 111 cm³/mol. The topological polar surface area (TPSA) is 66.8 Å². The molecule has 2 aliphatic rings. The molecular weight excluding hydrogens is 494 g/mol. The van der Waals surface area contributed by atoms with E-state index in [0.717, 1.165) is 16.7 Å². The van der Waals surface area contributed by atoms with E-state index >= 15 is 0 Å². The maximum Gasteiger partial charge on any atom is 0.416 e. The molecule has 0 radical (unpaired) electrons. The fraction of sp³-hybridized carbons (Fsp3) is 0.300. The summed E-state index contributed by atoms with van der Waals surface area (Å²) in [6.45, 7) is 0. The van der Waals surface area contributed by atoms with Crippen LogP contribution in [0.4, 0.5) is 32.0 Å². The van der Waals surface area contributed by atoms with Crippen molar-refractivity contribution >= 4 is 38.4 Å². The van der Waals surface area contributed by atoms with Crippen molar-refractivity contribution in [2.75, 3.05) is 16.4 Å². The number of halogens is 6. The van der Waals surface area contributed by atoms with Crippen LogP contribution in [0.3, 0.4) is 0 Å². The van der Waals surface area contributed by atoms with Crippen molar-refractivity contribution in [2.45, 2.75) is 23.6 Å². The number of hydrogen-bond acceptors (Lipinski definition) is 4. The lowest BCUT2D eigenvalue weighted by Gasteiger charge is -2.26. The summed E-state index contributed by atoms with van der Waals surface area (Å²) in [5.74, 6) is -1.57. The Morgan fingerprint density at radius 3 is 2.06 bits per heavy atom. The van der Waals surface area contributed by atoms with Crippen molar-refractivity contribution in [1.29, 1.82) is 0 Å². The molecule has 0 aromatic heterocycles. The Morgan fingerprint density at radius 1 is 0.939 bits per heavy atom. The highest BCUT2D eigenvalue weighted by atomic mass is 32.2. The van der Waals surface area contributed by atoms with Gasteiger partial charge in [-0.05, 0) is 30.3 Å². The van der Waals surface area contributed by atoms with E-state index in [9.17, 15) is 39.6 Å². The van der Waals surface area contributed by atoms with Gasteiger partial charge in [0.1, 0.15) is 0 Å². The molecule has 2 unspecified atom stereocenters. The van der Waals surface area contributed by atoms with E-state index in [1.165, 1.54) is 12.1 Å². The minimum absolute atomic E-state index is 0.0124. The van der Waals surface area contributed by atoms with Crippen LogP contribution in [0.15, 0.2) is 53.5 Å². The molecule has 2 saturated heterocycles. The monoisotopic (exact) mass is 508 g/mol. The first-order valence-electron chi connectivity index (χ1n) is 9.38. The number of carbonyl (C=O) groups is 1. The van der Waals surface area contributed by atoms with Crippen LogP contribution < -0.4 is 4.90 Å². The van der Waals surface area contributed by atoms with Crippen LogP contribution in [0.25, 0.3) is 0 Å². The summed E-state index contributed by atoms with van der Waals surface area (Å²) in [4.78, 5) is 17.5. The lowest BCUT2D eigenvalue weighted by atomic mass is 10.1. The molecule has 2 aromatic carbocycles. The first-order chi connectivity index (χ1) is 15.2. The van der Waals surface area contributed by atoms with E-state index < -0.39 is 62.0 Å². The molecule has 5 nitrogen and oxygen atoms in total. The van der Waals surface area contributed by atoms with Gasteiger partial charge >= 0.3 is 12.4 Å². The van der Waals surface area contributed by atoms with Gasteiger partial charge in [0.15, 0.2) is 15.0 Å². The number of alkyl halides is 6. The second kappa shape index (κ2) is 8.05.